The van der Waals surface area contributed by atoms with Crippen LogP contribution in [0, 0.1) is 0 Å². The fraction of sp³-hybridized carbons (Fsp3) is 0.667. The fourth-order valence-corrected chi connectivity index (χ4v) is 2.38. The van der Waals surface area contributed by atoms with Gasteiger partial charge in [0.25, 0.3) is 0 Å². The van der Waals surface area contributed by atoms with Crippen molar-refractivity contribution < 1.29 is 9.90 Å². The highest BCUT2D eigenvalue weighted by atomic mass is 16.4. The number of hydrogen-bond acceptors (Lipinski definition) is 4. The van der Waals surface area contributed by atoms with E-state index in [1.807, 2.05) is 12.5 Å². The number of aromatic nitrogens is 2. The molecule has 0 saturated carbocycles. The highest BCUT2D eigenvalue weighted by Crippen LogP contribution is 2.21. The number of hydrogen-bond donors (Lipinski definition) is 2. The van der Waals surface area contributed by atoms with E-state index in [-0.39, 0.29) is 0 Å². The van der Waals surface area contributed by atoms with Gasteiger partial charge in [-0.25, -0.2) is 4.98 Å². The van der Waals surface area contributed by atoms with Crippen molar-refractivity contribution in [3.05, 3.63) is 18.2 Å². The van der Waals surface area contributed by atoms with Gasteiger partial charge in [0.15, 0.2) is 0 Å². The van der Waals surface area contributed by atoms with E-state index < -0.39 is 11.5 Å². The van der Waals surface area contributed by atoms with Crippen molar-refractivity contribution in [2.45, 2.75) is 38.4 Å². The first-order valence-corrected chi connectivity index (χ1v) is 6.29. The molecular weight excluding hydrogens is 232 g/mol. The summed E-state index contributed by atoms with van der Waals surface area (Å²) in [5, 5.41) is 9.09. The maximum Gasteiger partial charge on any atom is 0.325 e. The maximum atomic E-state index is 11.1. The lowest BCUT2D eigenvalue weighted by atomic mass is 10.0. The Morgan fingerprint density at radius 1 is 1.67 bits per heavy atom. The molecule has 1 aliphatic heterocycles. The summed E-state index contributed by atoms with van der Waals surface area (Å²) >= 11 is 0. The minimum atomic E-state index is -1.09. The summed E-state index contributed by atoms with van der Waals surface area (Å²) in [4.78, 5) is 17.3. The Morgan fingerprint density at radius 3 is 3.06 bits per heavy atom. The van der Waals surface area contributed by atoms with Crippen LogP contribution >= 0.6 is 0 Å². The number of nitrogens with zero attached hydrogens (tertiary/aromatic N) is 3. The van der Waals surface area contributed by atoms with Gasteiger partial charge in [0.1, 0.15) is 5.54 Å². The first-order chi connectivity index (χ1) is 8.55. The molecule has 1 atom stereocenters. The number of carboxylic acids is 1. The van der Waals surface area contributed by atoms with Crippen LogP contribution in [-0.4, -0.2) is 44.2 Å². The van der Waals surface area contributed by atoms with E-state index >= 15 is 0 Å². The number of carbonyl (C=O) groups is 1. The Balaban J connectivity index is 1.99. The van der Waals surface area contributed by atoms with E-state index in [1.54, 1.807) is 0 Å². The third-order valence-electron chi connectivity index (χ3n) is 3.45. The van der Waals surface area contributed by atoms with Gasteiger partial charge in [0, 0.05) is 32.4 Å². The number of carboxylic acid groups (broad SMARTS) is 1. The monoisotopic (exact) mass is 252 g/mol. The molecule has 0 radical (unpaired) electrons. The zero-order valence-corrected chi connectivity index (χ0v) is 10.7. The Bertz CT molecular complexity index is 431. The molecule has 1 aliphatic rings. The van der Waals surface area contributed by atoms with Gasteiger partial charge in [-0.05, 0) is 12.8 Å². The summed E-state index contributed by atoms with van der Waals surface area (Å²) in [7, 11) is 0. The van der Waals surface area contributed by atoms with E-state index in [2.05, 4.69) is 21.4 Å². The molecule has 0 aliphatic carbocycles. The Kier molecular flexibility index (Phi) is 3.68. The van der Waals surface area contributed by atoms with Crippen molar-refractivity contribution in [1.82, 2.24) is 14.5 Å². The topological polar surface area (TPSA) is 84.4 Å². The molecular formula is C12H20N4O2. The van der Waals surface area contributed by atoms with Gasteiger partial charge in [-0.1, -0.05) is 6.92 Å². The number of nitrogens with two attached hydrogens (primary N) is 1. The SMILES string of the molecule is CCCn1cncc1CN1CCC(N)(C(=O)O)C1. The predicted molar refractivity (Wildman–Crippen MR) is 67.0 cm³/mol. The van der Waals surface area contributed by atoms with Crippen LogP contribution in [0.15, 0.2) is 12.5 Å². The number of imidazole rings is 1. The van der Waals surface area contributed by atoms with Crippen LogP contribution in [0.5, 0.6) is 0 Å². The molecule has 0 aromatic carbocycles. The molecule has 1 aromatic heterocycles. The molecule has 1 unspecified atom stereocenters. The van der Waals surface area contributed by atoms with Crippen molar-refractivity contribution in [3.63, 3.8) is 0 Å². The van der Waals surface area contributed by atoms with Crippen molar-refractivity contribution in [3.8, 4) is 0 Å². The van der Waals surface area contributed by atoms with Gasteiger partial charge in [-0.3, -0.25) is 9.69 Å². The van der Waals surface area contributed by atoms with Crippen LogP contribution in [-0.2, 0) is 17.9 Å². The third kappa shape index (κ3) is 2.54. The molecule has 6 heteroatoms. The summed E-state index contributed by atoms with van der Waals surface area (Å²) in [6.45, 7) is 4.90. The average Bonchev–Trinajstić information content (AvgIpc) is 2.89. The summed E-state index contributed by atoms with van der Waals surface area (Å²) in [5.41, 5.74) is 5.88. The van der Waals surface area contributed by atoms with Gasteiger partial charge >= 0.3 is 5.97 Å². The molecule has 2 rings (SSSR count). The van der Waals surface area contributed by atoms with E-state index in [4.69, 9.17) is 10.8 Å². The minimum absolute atomic E-state index is 0.402. The lowest BCUT2D eigenvalue weighted by Crippen LogP contribution is -2.50. The molecule has 0 amide bonds. The quantitative estimate of drug-likeness (QED) is 0.786. The summed E-state index contributed by atoms with van der Waals surface area (Å²) in [5.74, 6) is -0.910. The number of aryl methyl sites for hydroxylation is 1. The molecule has 2 heterocycles. The number of aliphatic carboxylic acids is 1. The van der Waals surface area contributed by atoms with Crippen LogP contribution in [0.3, 0.4) is 0 Å². The molecule has 100 valence electrons. The van der Waals surface area contributed by atoms with Crippen LogP contribution in [0.25, 0.3) is 0 Å². The lowest BCUT2D eigenvalue weighted by Gasteiger charge is -2.20. The molecule has 3 N–H and O–H groups in total. The van der Waals surface area contributed by atoms with Gasteiger partial charge in [0.05, 0.1) is 12.0 Å². The molecule has 1 aromatic rings. The predicted octanol–water partition coefficient (Wildman–Crippen LogP) is 0.281. The van der Waals surface area contributed by atoms with Crippen molar-refractivity contribution >= 4 is 5.97 Å². The van der Waals surface area contributed by atoms with Gasteiger partial charge in [0.2, 0.25) is 0 Å². The van der Waals surface area contributed by atoms with E-state index in [0.717, 1.165) is 25.2 Å². The number of rotatable bonds is 5. The highest BCUT2D eigenvalue weighted by molar-refractivity contribution is 5.79. The van der Waals surface area contributed by atoms with Crippen molar-refractivity contribution in [2.75, 3.05) is 13.1 Å². The van der Waals surface area contributed by atoms with Crippen molar-refractivity contribution in [2.24, 2.45) is 5.73 Å². The minimum Gasteiger partial charge on any atom is -0.480 e. The highest BCUT2D eigenvalue weighted by Gasteiger charge is 2.41. The third-order valence-corrected chi connectivity index (χ3v) is 3.45. The second-order valence-corrected chi connectivity index (χ2v) is 5.00. The second-order valence-electron chi connectivity index (χ2n) is 5.00. The van der Waals surface area contributed by atoms with Crippen molar-refractivity contribution in [1.29, 1.82) is 0 Å². The fourth-order valence-electron chi connectivity index (χ4n) is 2.38. The molecule has 0 bridgehead atoms. The average molecular weight is 252 g/mol. The number of likely N-dealkylation sites (tertiary alicyclic amines) is 1. The van der Waals surface area contributed by atoms with E-state index in [0.29, 0.717) is 19.5 Å². The first kappa shape index (κ1) is 13.0. The van der Waals surface area contributed by atoms with Gasteiger partial charge in [-0.15, -0.1) is 0 Å². The molecule has 6 nitrogen and oxygen atoms in total. The first-order valence-electron chi connectivity index (χ1n) is 6.29. The Hall–Kier alpha value is -1.40. The molecule has 0 spiro atoms. The second kappa shape index (κ2) is 5.07. The summed E-state index contributed by atoms with van der Waals surface area (Å²) in [6.07, 6.45) is 5.22. The zero-order valence-electron chi connectivity index (χ0n) is 10.7. The molecule has 1 saturated heterocycles. The Morgan fingerprint density at radius 2 is 2.44 bits per heavy atom. The van der Waals surface area contributed by atoms with Crippen LogP contribution in [0.1, 0.15) is 25.5 Å². The molecule has 1 fully saturated rings. The largest absolute Gasteiger partial charge is 0.480 e. The summed E-state index contributed by atoms with van der Waals surface area (Å²) in [6, 6.07) is 0. The standard InChI is InChI=1S/C12H20N4O2/c1-2-4-16-9-14-6-10(16)7-15-5-3-12(13,8-15)11(17)18/h6,9H,2-5,7-8,13H2,1H3,(H,17,18). The zero-order chi connectivity index (χ0) is 13.2. The smallest absolute Gasteiger partial charge is 0.325 e. The van der Waals surface area contributed by atoms with E-state index in [1.165, 1.54) is 0 Å². The van der Waals surface area contributed by atoms with Crippen LogP contribution in [0.2, 0.25) is 0 Å². The lowest BCUT2D eigenvalue weighted by molar-refractivity contribution is -0.142. The van der Waals surface area contributed by atoms with Crippen LogP contribution in [0.4, 0.5) is 0 Å². The van der Waals surface area contributed by atoms with Crippen LogP contribution < -0.4 is 5.73 Å². The van der Waals surface area contributed by atoms with E-state index in [9.17, 15) is 4.79 Å². The Labute approximate surface area is 106 Å². The molecule has 18 heavy (non-hydrogen) atoms. The van der Waals surface area contributed by atoms with Gasteiger partial charge < -0.3 is 15.4 Å². The normalized spacial score (nSPS) is 24.6. The maximum absolute atomic E-state index is 11.1. The van der Waals surface area contributed by atoms with Gasteiger partial charge in [-0.2, -0.15) is 0 Å². The summed E-state index contributed by atoms with van der Waals surface area (Å²) < 4.78 is 2.11.